The molecule has 0 unspecified atom stereocenters. The summed E-state index contributed by atoms with van der Waals surface area (Å²) in [7, 11) is 1.53. The van der Waals surface area contributed by atoms with Gasteiger partial charge in [-0.15, -0.1) is 0 Å². The van der Waals surface area contributed by atoms with Gasteiger partial charge >= 0.3 is 5.97 Å². The Kier molecular flexibility index (Phi) is 6.74. The Labute approximate surface area is 149 Å². The summed E-state index contributed by atoms with van der Waals surface area (Å²) >= 11 is 6.09. The number of aliphatic carboxylic acids is 1. The molecule has 0 aromatic heterocycles. The summed E-state index contributed by atoms with van der Waals surface area (Å²) in [5, 5.41) is 14.3. The molecule has 0 bridgehead atoms. The van der Waals surface area contributed by atoms with Crippen molar-refractivity contribution in [2.24, 2.45) is 0 Å². The molecule has 1 aromatic carbocycles. The van der Waals surface area contributed by atoms with Gasteiger partial charge in [-0.25, -0.2) is 4.79 Å². The number of hydrogen-bond donors (Lipinski definition) is 3. The van der Waals surface area contributed by atoms with Gasteiger partial charge in [-0.2, -0.15) is 0 Å². The normalized spacial score (nSPS) is 19.4. The lowest BCUT2D eigenvalue weighted by atomic mass is 10.1. The smallest absolute Gasteiger partial charge is 0.332 e. The zero-order chi connectivity index (χ0) is 18.4. The lowest BCUT2D eigenvalue weighted by molar-refractivity contribution is -0.150. The maximum Gasteiger partial charge on any atom is 0.332 e. The number of carbonyl (C=O) groups excluding carboxylic acids is 2. The number of carboxylic acid groups (broad SMARTS) is 1. The molecule has 1 heterocycles. The highest BCUT2D eigenvalue weighted by atomic mass is 35.5. The molecule has 136 valence electrons. The zero-order valence-corrected chi connectivity index (χ0v) is 14.3. The number of benzene rings is 1. The van der Waals surface area contributed by atoms with Crippen molar-refractivity contribution in [2.75, 3.05) is 25.6 Å². The van der Waals surface area contributed by atoms with Crippen molar-refractivity contribution in [3.05, 3.63) is 28.8 Å². The van der Waals surface area contributed by atoms with E-state index < -0.39 is 24.1 Å². The van der Waals surface area contributed by atoms with Crippen molar-refractivity contribution < 1.29 is 29.0 Å². The molecule has 2 rings (SSSR count). The monoisotopic (exact) mass is 370 g/mol. The van der Waals surface area contributed by atoms with Crippen LogP contribution in [-0.2, 0) is 19.1 Å². The lowest BCUT2D eigenvalue weighted by Gasteiger charge is -2.13. The summed E-state index contributed by atoms with van der Waals surface area (Å²) in [6, 6.07) is 4.49. The Bertz CT molecular complexity index is 666. The molecule has 1 saturated heterocycles. The van der Waals surface area contributed by atoms with Crippen LogP contribution in [0.3, 0.4) is 0 Å². The topological polar surface area (TPSA) is 114 Å². The molecule has 1 aliphatic heterocycles. The van der Waals surface area contributed by atoms with E-state index >= 15 is 0 Å². The van der Waals surface area contributed by atoms with Gasteiger partial charge in [0.2, 0.25) is 0 Å². The van der Waals surface area contributed by atoms with Crippen molar-refractivity contribution in [1.29, 1.82) is 0 Å². The SMILES string of the molecule is COCCNC(=O)c1ccc(NC(=O)[C@@H]2CC[C@H](C(=O)O)O2)cc1Cl. The van der Waals surface area contributed by atoms with Crippen molar-refractivity contribution >= 4 is 35.1 Å². The van der Waals surface area contributed by atoms with E-state index in [-0.39, 0.29) is 22.9 Å². The van der Waals surface area contributed by atoms with E-state index in [1.165, 1.54) is 19.2 Å². The molecule has 0 spiro atoms. The van der Waals surface area contributed by atoms with Crippen molar-refractivity contribution in [2.45, 2.75) is 25.0 Å². The van der Waals surface area contributed by atoms with Gasteiger partial charge in [0.25, 0.3) is 11.8 Å². The van der Waals surface area contributed by atoms with Gasteiger partial charge in [0.05, 0.1) is 17.2 Å². The Morgan fingerprint density at radius 1 is 1.32 bits per heavy atom. The highest BCUT2D eigenvalue weighted by Gasteiger charge is 2.34. The maximum absolute atomic E-state index is 12.1. The van der Waals surface area contributed by atoms with Gasteiger partial charge < -0.3 is 25.2 Å². The van der Waals surface area contributed by atoms with Gasteiger partial charge in [-0.3, -0.25) is 9.59 Å². The molecule has 1 aromatic rings. The van der Waals surface area contributed by atoms with Crippen LogP contribution in [-0.4, -0.2) is 55.4 Å². The summed E-state index contributed by atoms with van der Waals surface area (Å²) in [5.74, 6) is -1.87. The van der Waals surface area contributed by atoms with E-state index in [1.54, 1.807) is 6.07 Å². The average molecular weight is 371 g/mol. The fraction of sp³-hybridized carbons (Fsp3) is 0.438. The predicted molar refractivity (Wildman–Crippen MR) is 89.8 cm³/mol. The van der Waals surface area contributed by atoms with E-state index in [9.17, 15) is 14.4 Å². The van der Waals surface area contributed by atoms with E-state index in [0.717, 1.165) is 0 Å². The first-order valence-electron chi connectivity index (χ1n) is 7.68. The van der Waals surface area contributed by atoms with Crippen LogP contribution in [0.5, 0.6) is 0 Å². The van der Waals surface area contributed by atoms with E-state index in [2.05, 4.69) is 10.6 Å². The minimum absolute atomic E-state index is 0.184. The van der Waals surface area contributed by atoms with Crippen LogP contribution in [0.1, 0.15) is 23.2 Å². The van der Waals surface area contributed by atoms with Crippen LogP contribution in [0.25, 0.3) is 0 Å². The van der Waals surface area contributed by atoms with Gasteiger partial charge in [0, 0.05) is 19.3 Å². The number of rotatable bonds is 7. The first-order valence-corrected chi connectivity index (χ1v) is 8.06. The molecule has 0 saturated carbocycles. The fourth-order valence-corrected chi connectivity index (χ4v) is 2.64. The lowest BCUT2D eigenvalue weighted by Crippen LogP contribution is -2.30. The summed E-state index contributed by atoms with van der Waals surface area (Å²) in [6.45, 7) is 0.740. The molecule has 25 heavy (non-hydrogen) atoms. The zero-order valence-electron chi connectivity index (χ0n) is 13.6. The van der Waals surface area contributed by atoms with Gasteiger partial charge in [-0.1, -0.05) is 11.6 Å². The molecule has 2 amide bonds. The van der Waals surface area contributed by atoms with E-state index in [4.69, 9.17) is 26.2 Å². The van der Waals surface area contributed by atoms with E-state index in [0.29, 0.717) is 25.3 Å². The molecule has 2 atom stereocenters. The number of hydrogen-bond acceptors (Lipinski definition) is 5. The van der Waals surface area contributed by atoms with Gasteiger partial charge in [0.1, 0.15) is 6.10 Å². The number of amides is 2. The molecule has 0 radical (unpaired) electrons. The molecular weight excluding hydrogens is 352 g/mol. The van der Waals surface area contributed by atoms with Crippen molar-refractivity contribution in [3.8, 4) is 0 Å². The molecule has 9 heteroatoms. The molecule has 8 nitrogen and oxygen atoms in total. The second-order valence-electron chi connectivity index (χ2n) is 5.46. The maximum atomic E-state index is 12.1. The third-order valence-corrected chi connectivity index (χ3v) is 3.97. The third-order valence-electron chi connectivity index (χ3n) is 3.66. The number of methoxy groups -OCH3 is 1. The Morgan fingerprint density at radius 2 is 2.04 bits per heavy atom. The van der Waals surface area contributed by atoms with Crippen LogP contribution >= 0.6 is 11.6 Å². The number of carboxylic acids is 1. The molecular formula is C16H19ClN2O6. The van der Waals surface area contributed by atoms with Crippen LogP contribution in [0, 0.1) is 0 Å². The summed E-state index contributed by atoms with van der Waals surface area (Å²) in [5.41, 5.74) is 0.671. The van der Waals surface area contributed by atoms with Crippen molar-refractivity contribution in [3.63, 3.8) is 0 Å². The standard InChI is InChI=1S/C16H19ClN2O6/c1-24-7-6-18-14(20)10-3-2-9(8-11(10)17)19-15(21)12-4-5-13(25-12)16(22)23/h2-3,8,12-13H,4-7H2,1H3,(H,18,20)(H,19,21)(H,22,23)/t12-,13+/m0/s1. The number of nitrogens with one attached hydrogen (secondary N) is 2. The third kappa shape index (κ3) is 5.15. The van der Waals surface area contributed by atoms with Crippen LogP contribution in [0.2, 0.25) is 5.02 Å². The largest absolute Gasteiger partial charge is 0.479 e. The minimum atomic E-state index is -1.08. The van der Waals surface area contributed by atoms with Crippen LogP contribution in [0.15, 0.2) is 18.2 Å². The first kappa shape index (κ1) is 19.2. The summed E-state index contributed by atoms with van der Waals surface area (Å²) in [4.78, 5) is 34.9. The van der Waals surface area contributed by atoms with Crippen molar-refractivity contribution in [1.82, 2.24) is 5.32 Å². The van der Waals surface area contributed by atoms with Crippen LogP contribution in [0.4, 0.5) is 5.69 Å². The number of carbonyl (C=O) groups is 3. The highest BCUT2D eigenvalue weighted by molar-refractivity contribution is 6.34. The van der Waals surface area contributed by atoms with Gasteiger partial charge in [0.15, 0.2) is 6.10 Å². The second-order valence-corrected chi connectivity index (χ2v) is 5.87. The molecule has 3 N–H and O–H groups in total. The van der Waals surface area contributed by atoms with Gasteiger partial charge in [-0.05, 0) is 31.0 Å². The second kappa shape index (κ2) is 8.80. The molecule has 1 fully saturated rings. The fourth-order valence-electron chi connectivity index (χ4n) is 2.37. The number of halogens is 1. The Hall–Kier alpha value is -2.16. The number of ether oxygens (including phenoxy) is 2. The Morgan fingerprint density at radius 3 is 2.64 bits per heavy atom. The molecule has 1 aliphatic rings. The minimum Gasteiger partial charge on any atom is -0.479 e. The Balaban J connectivity index is 1.95. The summed E-state index contributed by atoms with van der Waals surface area (Å²) in [6.07, 6.45) is -1.17. The van der Waals surface area contributed by atoms with E-state index in [1.807, 2.05) is 0 Å². The highest BCUT2D eigenvalue weighted by Crippen LogP contribution is 2.24. The summed E-state index contributed by atoms with van der Waals surface area (Å²) < 4.78 is 10.0. The van der Waals surface area contributed by atoms with Crippen LogP contribution < -0.4 is 10.6 Å². The molecule has 0 aliphatic carbocycles. The number of anilines is 1. The average Bonchev–Trinajstić information content (AvgIpc) is 3.05. The quantitative estimate of drug-likeness (QED) is 0.623. The predicted octanol–water partition coefficient (Wildman–Crippen LogP) is 1.29. The first-order chi connectivity index (χ1) is 11.9.